The van der Waals surface area contributed by atoms with E-state index in [0.29, 0.717) is 22.6 Å². The van der Waals surface area contributed by atoms with Crippen LogP contribution in [0.4, 0.5) is 28.8 Å². The van der Waals surface area contributed by atoms with Gasteiger partial charge in [-0.05, 0) is 31.2 Å². The number of para-hydroxylation sites is 2. The first kappa shape index (κ1) is 24.2. The number of ether oxygens (including phenoxy) is 1. The minimum absolute atomic E-state index is 0.0716. The molecular weight excluding hydrogens is 468 g/mol. The van der Waals surface area contributed by atoms with Crippen molar-refractivity contribution >= 4 is 56.4 Å². The number of hydrogen-bond acceptors (Lipinski definition) is 8. The van der Waals surface area contributed by atoms with E-state index in [2.05, 4.69) is 25.3 Å². The van der Waals surface area contributed by atoms with Crippen molar-refractivity contribution in [3.05, 3.63) is 64.8 Å². The number of rotatable bonds is 10. The van der Waals surface area contributed by atoms with Gasteiger partial charge in [-0.15, -0.1) is 0 Å². The summed E-state index contributed by atoms with van der Waals surface area (Å²) in [4.78, 5) is 20.2. The predicted molar refractivity (Wildman–Crippen MR) is 129 cm³/mol. The maximum absolute atomic E-state index is 12.0. The van der Waals surface area contributed by atoms with Crippen LogP contribution in [0.3, 0.4) is 0 Å². The summed E-state index contributed by atoms with van der Waals surface area (Å²) in [7, 11) is -1.93. The van der Waals surface area contributed by atoms with Crippen molar-refractivity contribution in [3.63, 3.8) is 0 Å². The van der Waals surface area contributed by atoms with E-state index in [9.17, 15) is 13.2 Å². The zero-order chi connectivity index (χ0) is 24.0. The van der Waals surface area contributed by atoms with Gasteiger partial charge in [-0.3, -0.25) is 9.52 Å². The molecule has 1 heterocycles. The number of amides is 1. The fourth-order valence-corrected chi connectivity index (χ4v) is 3.61. The van der Waals surface area contributed by atoms with E-state index in [4.69, 9.17) is 22.1 Å². The molecule has 174 valence electrons. The molecule has 0 unspecified atom stereocenters. The Labute approximate surface area is 196 Å². The van der Waals surface area contributed by atoms with Crippen molar-refractivity contribution in [1.82, 2.24) is 9.97 Å². The zero-order valence-electron chi connectivity index (χ0n) is 17.9. The summed E-state index contributed by atoms with van der Waals surface area (Å²) in [6, 6.07) is 11.7. The largest absolute Gasteiger partial charge is 0.380 e. The molecule has 33 heavy (non-hydrogen) atoms. The van der Waals surface area contributed by atoms with E-state index in [-0.39, 0.29) is 29.1 Å². The number of hydrogen-bond donors (Lipinski definition) is 4. The van der Waals surface area contributed by atoms with E-state index >= 15 is 0 Å². The van der Waals surface area contributed by atoms with Gasteiger partial charge < -0.3 is 21.1 Å². The number of nitrogens with two attached hydrogens (primary N) is 1. The second-order valence-corrected chi connectivity index (χ2v) is 9.28. The van der Waals surface area contributed by atoms with Gasteiger partial charge in [0.05, 0.1) is 29.9 Å². The van der Waals surface area contributed by atoms with E-state index in [1.165, 1.54) is 6.20 Å². The van der Waals surface area contributed by atoms with Gasteiger partial charge in [0.2, 0.25) is 21.9 Å². The van der Waals surface area contributed by atoms with Gasteiger partial charge in [-0.25, -0.2) is 13.4 Å². The third-order valence-corrected chi connectivity index (χ3v) is 6.08. The highest BCUT2D eigenvalue weighted by atomic mass is 35.5. The molecule has 0 fully saturated rings. The number of anilines is 5. The van der Waals surface area contributed by atoms with Crippen molar-refractivity contribution in [3.8, 4) is 0 Å². The smallest absolute Gasteiger partial charge is 0.248 e. The Kier molecular flexibility index (Phi) is 7.69. The van der Waals surface area contributed by atoms with Crippen LogP contribution in [0.1, 0.15) is 22.8 Å². The van der Waals surface area contributed by atoms with Crippen LogP contribution in [-0.2, 0) is 21.4 Å². The number of benzene rings is 2. The van der Waals surface area contributed by atoms with Crippen LogP contribution in [0.2, 0.25) is 5.02 Å². The third kappa shape index (κ3) is 6.31. The molecule has 0 saturated heterocycles. The van der Waals surface area contributed by atoms with Crippen LogP contribution in [-0.4, -0.2) is 37.2 Å². The molecule has 0 radical (unpaired) electrons. The van der Waals surface area contributed by atoms with Gasteiger partial charge in [0.25, 0.3) is 0 Å². The maximum atomic E-state index is 12.0. The van der Waals surface area contributed by atoms with Crippen molar-refractivity contribution < 1.29 is 17.9 Å². The Morgan fingerprint density at radius 3 is 2.52 bits per heavy atom. The number of carbonyl (C=O) groups excluding carboxylic acids is 1. The lowest BCUT2D eigenvalue weighted by Crippen LogP contribution is -2.15. The number of aromatic nitrogens is 2. The van der Waals surface area contributed by atoms with Gasteiger partial charge in [-0.2, -0.15) is 4.98 Å². The average molecular weight is 491 g/mol. The first-order chi connectivity index (χ1) is 15.7. The second kappa shape index (κ2) is 10.5. The molecule has 0 aliphatic rings. The molecule has 0 atom stereocenters. The van der Waals surface area contributed by atoms with Gasteiger partial charge in [0.1, 0.15) is 5.02 Å². The first-order valence-electron chi connectivity index (χ1n) is 9.80. The summed E-state index contributed by atoms with van der Waals surface area (Å²) in [5.74, 6) is -0.214. The van der Waals surface area contributed by atoms with Crippen LogP contribution in [0, 0.1) is 0 Å². The lowest BCUT2D eigenvalue weighted by molar-refractivity contribution is 0.1000. The summed E-state index contributed by atoms with van der Waals surface area (Å²) in [6.07, 6.45) is 1.39. The van der Waals surface area contributed by atoms with Crippen LogP contribution in [0.15, 0.2) is 48.7 Å². The zero-order valence-corrected chi connectivity index (χ0v) is 19.5. The van der Waals surface area contributed by atoms with E-state index in [0.717, 1.165) is 5.56 Å². The van der Waals surface area contributed by atoms with Crippen molar-refractivity contribution in [1.29, 1.82) is 0 Å². The fourth-order valence-electron chi connectivity index (χ4n) is 2.81. The molecule has 0 aliphatic heterocycles. The average Bonchev–Trinajstić information content (AvgIpc) is 2.78. The highest BCUT2D eigenvalue weighted by molar-refractivity contribution is 7.92. The Hall–Kier alpha value is -3.41. The summed E-state index contributed by atoms with van der Waals surface area (Å²) in [5, 5.41) is 6.30. The first-order valence-corrected chi connectivity index (χ1v) is 11.8. The summed E-state index contributed by atoms with van der Waals surface area (Å²) in [5.41, 5.74) is 7.80. The Morgan fingerprint density at radius 2 is 1.85 bits per heavy atom. The normalized spacial score (nSPS) is 11.1. The SMILES string of the molecule is CCS(=O)(=O)Nc1ccccc1Nc1nc(Nc2cc(C(N)=O)ccc2COC)ncc1Cl. The van der Waals surface area contributed by atoms with Crippen LogP contribution >= 0.6 is 11.6 Å². The highest BCUT2D eigenvalue weighted by Crippen LogP contribution is 2.30. The topological polar surface area (TPSA) is 148 Å². The van der Waals surface area contributed by atoms with Crippen LogP contribution < -0.4 is 21.1 Å². The molecule has 0 saturated carbocycles. The molecule has 5 N–H and O–H groups in total. The summed E-state index contributed by atoms with van der Waals surface area (Å²) < 4.78 is 31.8. The number of methoxy groups -OCH3 is 1. The van der Waals surface area contributed by atoms with Crippen molar-refractivity contribution in [2.24, 2.45) is 5.73 Å². The number of nitrogens with zero attached hydrogens (tertiary/aromatic N) is 2. The minimum atomic E-state index is -3.49. The quantitative estimate of drug-likeness (QED) is 0.336. The fraction of sp³-hybridized carbons (Fsp3) is 0.190. The van der Waals surface area contributed by atoms with E-state index in [1.54, 1.807) is 56.5 Å². The van der Waals surface area contributed by atoms with Crippen molar-refractivity contribution in [2.75, 3.05) is 28.2 Å². The third-order valence-electron chi connectivity index (χ3n) is 4.51. The lowest BCUT2D eigenvalue weighted by Gasteiger charge is -2.15. The summed E-state index contributed by atoms with van der Waals surface area (Å²) >= 11 is 6.27. The molecule has 12 heteroatoms. The Morgan fingerprint density at radius 1 is 1.12 bits per heavy atom. The molecule has 10 nitrogen and oxygen atoms in total. The molecule has 0 aliphatic carbocycles. The number of halogens is 1. The number of sulfonamides is 1. The maximum Gasteiger partial charge on any atom is 0.248 e. The molecule has 2 aromatic carbocycles. The standard InChI is InChI=1S/C21H23ClN6O4S/c1-3-33(30,31)28-17-7-5-4-6-16(17)25-20-15(22)11-24-21(27-20)26-18-10-13(19(23)29)8-9-14(18)12-32-2/h4-11,28H,3,12H2,1-2H3,(H2,23,29)(H2,24,25,26,27). The van der Waals surface area contributed by atoms with Crippen molar-refractivity contribution in [2.45, 2.75) is 13.5 Å². The number of primary amides is 1. The number of carbonyl (C=O) groups is 1. The second-order valence-electron chi connectivity index (χ2n) is 6.86. The van der Waals surface area contributed by atoms with Gasteiger partial charge in [0.15, 0.2) is 5.82 Å². The van der Waals surface area contributed by atoms with E-state index < -0.39 is 15.9 Å². The summed E-state index contributed by atoms with van der Waals surface area (Å²) in [6.45, 7) is 1.83. The van der Waals surface area contributed by atoms with E-state index in [1.807, 2.05) is 0 Å². The van der Waals surface area contributed by atoms with Crippen LogP contribution in [0.25, 0.3) is 0 Å². The van der Waals surface area contributed by atoms with Gasteiger partial charge >= 0.3 is 0 Å². The molecule has 0 spiro atoms. The van der Waals surface area contributed by atoms with Gasteiger partial charge in [-0.1, -0.05) is 29.8 Å². The molecule has 3 aromatic rings. The molecule has 1 aromatic heterocycles. The Balaban J connectivity index is 1.92. The predicted octanol–water partition coefficient (Wildman–Crippen LogP) is 3.62. The lowest BCUT2D eigenvalue weighted by atomic mass is 10.1. The number of nitrogens with one attached hydrogen (secondary N) is 3. The Bertz CT molecular complexity index is 1270. The molecule has 3 rings (SSSR count). The monoisotopic (exact) mass is 490 g/mol. The molecule has 0 bridgehead atoms. The highest BCUT2D eigenvalue weighted by Gasteiger charge is 2.14. The van der Waals surface area contributed by atoms with Crippen LogP contribution in [0.5, 0.6) is 0 Å². The molecule has 1 amide bonds. The van der Waals surface area contributed by atoms with Gasteiger partial charge in [0, 0.05) is 23.9 Å². The molecular formula is C21H23ClN6O4S. The minimum Gasteiger partial charge on any atom is -0.380 e.